The van der Waals surface area contributed by atoms with Gasteiger partial charge in [-0.2, -0.15) is 0 Å². The van der Waals surface area contributed by atoms with E-state index in [1.165, 1.54) is 19.2 Å². The van der Waals surface area contributed by atoms with Crippen molar-refractivity contribution in [3.63, 3.8) is 0 Å². The second-order valence-electron chi connectivity index (χ2n) is 5.92. The zero-order valence-electron chi connectivity index (χ0n) is 13.5. The zero-order valence-corrected chi connectivity index (χ0v) is 13.5. The quantitative estimate of drug-likeness (QED) is 0.623. The highest BCUT2D eigenvalue weighted by molar-refractivity contribution is 5.95. The minimum Gasteiger partial charge on any atom is -0.507 e. The smallest absolute Gasteiger partial charge is 0.341 e. The van der Waals surface area contributed by atoms with Crippen LogP contribution in [0.3, 0.4) is 0 Å². The molecule has 0 spiro atoms. The van der Waals surface area contributed by atoms with Crippen molar-refractivity contribution in [1.29, 1.82) is 0 Å². The Balaban J connectivity index is 1.90. The molecule has 23 heavy (non-hydrogen) atoms. The maximum atomic E-state index is 12.1. The summed E-state index contributed by atoms with van der Waals surface area (Å²) < 4.78 is 10.7. The van der Waals surface area contributed by atoms with Gasteiger partial charge in [-0.1, -0.05) is 0 Å². The number of nitrogens with zero attached hydrogens (tertiary/aromatic N) is 1. The molecule has 7 heteroatoms. The number of amides is 1. The number of nitrogens with one attached hydrogen (secondary N) is 1. The van der Waals surface area contributed by atoms with Crippen LogP contribution in [-0.2, 0) is 14.3 Å². The lowest BCUT2D eigenvalue weighted by molar-refractivity contribution is -0.916. The third-order valence-electron chi connectivity index (χ3n) is 4.12. The molecule has 1 aliphatic heterocycles. The Morgan fingerprint density at radius 1 is 1.35 bits per heavy atom. The number of aromatic hydroxyl groups is 1. The summed E-state index contributed by atoms with van der Waals surface area (Å²) in [4.78, 5) is 23.5. The van der Waals surface area contributed by atoms with Crippen LogP contribution in [0.25, 0.3) is 0 Å². The van der Waals surface area contributed by atoms with Gasteiger partial charge in [0.15, 0.2) is 0 Å². The average Bonchev–Trinajstić information content (AvgIpc) is 2.53. The summed E-state index contributed by atoms with van der Waals surface area (Å²) in [7, 11) is 3.36. The Morgan fingerprint density at radius 2 is 2.04 bits per heavy atom. The number of rotatable bonds is 5. The monoisotopic (exact) mass is 323 g/mol. The fourth-order valence-corrected chi connectivity index (χ4v) is 2.49. The summed E-state index contributed by atoms with van der Waals surface area (Å²) in [5.74, 6) is -0.965. The second-order valence-corrected chi connectivity index (χ2v) is 5.92. The molecule has 0 saturated carbocycles. The minimum atomic E-state index is -0.620. The molecule has 2 N–H and O–H groups in total. The number of hydrogen-bond donors (Lipinski definition) is 2. The number of phenols is 1. The van der Waals surface area contributed by atoms with E-state index in [2.05, 4.69) is 17.1 Å². The third-order valence-corrected chi connectivity index (χ3v) is 4.12. The zero-order chi connectivity index (χ0) is 16.9. The fraction of sp³-hybridized carbons (Fsp3) is 0.500. The number of anilines is 1. The van der Waals surface area contributed by atoms with E-state index < -0.39 is 5.97 Å². The van der Waals surface area contributed by atoms with Crippen molar-refractivity contribution in [2.24, 2.45) is 0 Å². The number of benzene rings is 1. The van der Waals surface area contributed by atoms with Crippen molar-refractivity contribution in [1.82, 2.24) is 0 Å². The van der Waals surface area contributed by atoms with E-state index in [9.17, 15) is 14.7 Å². The summed E-state index contributed by atoms with van der Waals surface area (Å²) >= 11 is 0. The van der Waals surface area contributed by atoms with E-state index in [-0.39, 0.29) is 17.2 Å². The Hall–Kier alpha value is -2.12. The summed E-state index contributed by atoms with van der Waals surface area (Å²) in [6, 6.07) is 4.33. The molecule has 7 nitrogen and oxygen atoms in total. The van der Waals surface area contributed by atoms with Gasteiger partial charge in [-0.15, -0.1) is 0 Å². The van der Waals surface area contributed by atoms with Gasteiger partial charge < -0.3 is 24.4 Å². The predicted octanol–water partition coefficient (Wildman–Crippen LogP) is 0.984. The van der Waals surface area contributed by atoms with E-state index in [0.29, 0.717) is 12.1 Å². The van der Waals surface area contributed by atoms with Crippen molar-refractivity contribution >= 4 is 17.6 Å². The normalized spacial score (nSPS) is 16.6. The first-order valence-corrected chi connectivity index (χ1v) is 7.56. The van der Waals surface area contributed by atoms with Crippen molar-refractivity contribution in [2.75, 3.05) is 52.3 Å². The van der Waals surface area contributed by atoms with E-state index in [4.69, 9.17) is 4.74 Å². The molecule has 0 bridgehead atoms. The van der Waals surface area contributed by atoms with Crippen LogP contribution in [0.4, 0.5) is 5.69 Å². The minimum absolute atomic E-state index is 0.0666. The molecule has 0 unspecified atom stereocenters. The maximum Gasteiger partial charge on any atom is 0.341 e. The lowest BCUT2D eigenvalue weighted by Crippen LogP contribution is -2.52. The Bertz CT molecular complexity index is 582. The van der Waals surface area contributed by atoms with Gasteiger partial charge in [0.05, 0.1) is 40.3 Å². The lowest BCUT2D eigenvalue weighted by atomic mass is 10.1. The number of ether oxygens (including phenoxy) is 2. The first-order chi connectivity index (χ1) is 10.9. The second kappa shape index (κ2) is 7.43. The Kier molecular flexibility index (Phi) is 5.57. The van der Waals surface area contributed by atoms with Crippen molar-refractivity contribution in [3.8, 4) is 5.75 Å². The molecule has 0 aromatic heterocycles. The standard InChI is InChI=1S/C16H22N2O5/c1-18(7-9-23-10-8-18)6-5-15(20)17-12-3-4-13(14(19)11-12)16(21)22-2/h3-4,11H,5-10H2,1-2H3,(H-,17,19,20,21)/p+1. The van der Waals surface area contributed by atoms with Crippen LogP contribution in [0.15, 0.2) is 18.2 Å². The molecular formula is C16H23N2O5+. The number of quaternary nitrogens is 1. The summed E-state index contributed by atoms with van der Waals surface area (Å²) in [5.41, 5.74) is 0.515. The third kappa shape index (κ3) is 4.67. The van der Waals surface area contributed by atoms with E-state index in [0.717, 1.165) is 37.3 Å². The maximum absolute atomic E-state index is 12.1. The molecule has 2 rings (SSSR count). The van der Waals surface area contributed by atoms with Crippen molar-refractivity contribution < 1.29 is 28.7 Å². The van der Waals surface area contributed by atoms with Gasteiger partial charge in [-0.05, 0) is 12.1 Å². The number of carbonyl (C=O) groups excluding carboxylic acids is 2. The molecule has 1 aromatic rings. The molecule has 1 fully saturated rings. The highest BCUT2D eigenvalue weighted by Crippen LogP contribution is 2.22. The number of esters is 1. The summed E-state index contributed by atoms with van der Waals surface area (Å²) in [6.45, 7) is 3.99. The van der Waals surface area contributed by atoms with Crippen LogP contribution in [0.2, 0.25) is 0 Å². The van der Waals surface area contributed by atoms with Crippen molar-refractivity contribution in [2.45, 2.75) is 6.42 Å². The average molecular weight is 323 g/mol. The van der Waals surface area contributed by atoms with Crippen molar-refractivity contribution in [3.05, 3.63) is 23.8 Å². The van der Waals surface area contributed by atoms with E-state index in [1.54, 1.807) is 6.07 Å². The Labute approximate surface area is 135 Å². The highest BCUT2D eigenvalue weighted by atomic mass is 16.5. The summed E-state index contributed by atoms with van der Waals surface area (Å²) in [6.07, 6.45) is 0.385. The van der Waals surface area contributed by atoms with Crippen LogP contribution in [0, 0.1) is 0 Å². The van der Waals surface area contributed by atoms with Gasteiger partial charge in [0, 0.05) is 11.8 Å². The fourth-order valence-electron chi connectivity index (χ4n) is 2.49. The van der Waals surface area contributed by atoms with Gasteiger partial charge in [-0.25, -0.2) is 4.79 Å². The molecule has 126 valence electrons. The largest absolute Gasteiger partial charge is 0.507 e. The molecular weight excluding hydrogens is 300 g/mol. The van der Waals surface area contributed by atoms with Crippen LogP contribution >= 0.6 is 0 Å². The number of phenolic OH excluding ortho intramolecular Hbond substituents is 1. The number of morpholine rings is 1. The highest BCUT2D eigenvalue weighted by Gasteiger charge is 2.25. The SMILES string of the molecule is COC(=O)c1ccc(NC(=O)CC[N+]2(C)CCOCC2)cc1O. The molecule has 0 radical (unpaired) electrons. The predicted molar refractivity (Wildman–Crippen MR) is 84.3 cm³/mol. The van der Waals surface area contributed by atoms with Gasteiger partial charge in [0.25, 0.3) is 0 Å². The molecule has 0 atom stereocenters. The number of carbonyl (C=O) groups is 2. The van der Waals surface area contributed by atoms with Gasteiger partial charge in [0.2, 0.25) is 5.91 Å². The van der Waals surface area contributed by atoms with E-state index in [1.807, 2.05) is 0 Å². The first-order valence-electron chi connectivity index (χ1n) is 7.56. The molecule has 1 aromatic carbocycles. The van der Waals surface area contributed by atoms with E-state index >= 15 is 0 Å². The topological polar surface area (TPSA) is 84.9 Å². The molecule has 1 amide bonds. The first kappa shape index (κ1) is 17.2. The van der Waals surface area contributed by atoms with Crippen LogP contribution in [0.5, 0.6) is 5.75 Å². The van der Waals surface area contributed by atoms with Crippen LogP contribution < -0.4 is 5.32 Å². The van der Waals surface area contributed by atoms with Gasteiger partial charge in [-0.3, -0.25) is 4.79 Å². The number of hydrogen-bond acceptors (Lipinski definition) is 5. The lowest BCUT2D eigenvalue weighted by Gasteiger charge is -2.37. The van der Waals surface area contributed by atoms with Gasteiger partial charge >= 0.3 is 5.97 Å². The molecule has 0 aliphatic carbocycles. The van der Waals surface area contributed by atoms with Crippen LogP contribution in [-0.4, -0.2) is 68.5 Å². The van der Waals surface area contributed by atoms with Crippen LogP contribution in [0.1, 0.15) is 16.8 Å². The summed E-state index contributed by atoms with van der Waals surface area (Å²) in [5, 5.41) is 12.5. The Morgan fingerprint density at radius 3 is 2.65 bits per heavy atom. The van der Waals surface area contributed by atoms with Gasteiger partial charge in [0.1, 0.15) is 24.4 Å². The molecule has 1 heterocycles. The molecule has 1 aliphatic rings. The molecule has 1 saturated heterocycles. The number of methoxy groups -OCH3 is 1. The number of likely N-dealkylation sites (N-methyl/N-ethyl adjacent to an activating group) is 1.